The second-order valence-electron chi connectivity index (χ2n) is 7.45. The van der Waals surface area contributed by atoms with E-state index in [-0.39, 0.29) is 28.3 Å². The van der Waals surface area contributed by atoms with Gasteiger partial charge in [-0.15, -0.1) is 0 Å². The number of rotatable bonds is 3. The third-order valence-corrected chi connectivity index (χ3v) is 5.75. The molecular formula is C16H22N2O3. The van der Waals surface area contributed by atoms with E-state index < -0.39 is 4.92 Å². The number of nitrogens with zero attached hydrogens (tertiary/aromatic N) is 1. The van der Waals surface area contributed by atoms with E-state index >= 15 is 0 Å². The first-order valence-corrected chi connectivity index (χ1v) is 7.48. The fourth-order valence-electron chi connectivity index (χ4n) is 4.61. The molecule has 2 saturated carbocycles. The number of nitrogens with one attached hydrogen (secondary N) is 1. The quantitative estimate of drug-likeness (QED) is 0.502. The van der Waals surface area contributed by atoms with Crippen molar-refractivity contribution in [3.8, 4) is 5.75 Å². The minimum absolute atomic E-state index is 0.0582. The maximum atomic E-state index is 11.2. The van der Waals surface area contributed by atoms with Gasteiger partial charge in [-0.3, -0.25) is 10.1 Å². The fourth-order valence-corrected chi connectivity index (χ4v) is 4.61. The predicted molar refractivity (Wildman–Crippen MR) is 81.4 cm³/mol. The van der Waals surface area contributed by atoms with Gasteiger partial charge in [-0.2, -0.15) is 0 Å². The minimum atomic E-state index is -0.440. The lowest BCUT2D eigenvalue weighted by Gasteiger charge is -2.43. The second-order valence-corrected chi connectivity index (χ2v) is 7.45. The van der Waals surface area contributed by atoms with Gasteiger partial charge in [0.15, 0.2) is 0 Å². The number of nitro groups is 1. The molecule has 2 N–H and O–H groups in total. The van der Waals surface area contributed by atoms with Gasteiger partial charge in [0.2, 0.25) is 0 Å². The van der Waals surface area contributed by atoms with Crippen LogP contribution < -0.4 is 5.32 Å². The van der Waals surface area contributed by atoms with Crippen molar-refractivity contribution in [2.75, 3.05) is 5.32 Å². The summed E-state index contributed by atoms with van der Waals surface area (Å²) in [7, 11) is 0. The van der Waals surface area contributed by atoms with E-state index in [1.165, 1.54) is 31.4 Å². The van der Waals surface area contributed by atoms with Crippen LogP contribution in [0.1, 0.15) is 40.0 Å². The minimum Gasteiger partial charge on any atom is -0.508 e. The Morgan fingerprint density at radius 3 is 2.67 bits per heavy atom. The van der Waals surface area contributed by atoms with Gasteiger partial charge in [0.1, 0.15) is 11.4 Å². The number of hydrogen-bond donors (Lipinski definition) is 2. The van der Waals surface area contributed by atoms with E-state index in [0.29, 0.717) is 11.6 Å². The standard InChI is InChI=1S/C16H22N2O3/c1-15(2)10-6-7-16(3,9-10)14(15)17-12-5-4-11(19)8-13(12)18(20)21/h4-5,8,10,14,17,19H,6-7,9H2,1-3H3/t10-,14?,16+/m0/s1. The summed E-state index contributed by atoms with van der Waals surface area (Å²) in [5, 5.41) is 24.1. The molecule has 2 bridgehead atoms. The molecule has 1 aromatic rings. The molecule has 2 aliphatic rings. The smallest absolute Gasteiger partial charge is 0.296 e. The van der Waals surface area contributed by atoms with E-state index in [9.17, 15) is 15.2 Å². The Labute approximate surface area is 124 Å². The molecule has 1 unspecified atom stereocenters. The number of fused-ring (bicyclic) bond motifs is 2. The zero-order valence-corrected chi connectivity index (χ0v) is 12.7. The van der Waals surface area contributed by atoms with Gasteiger partial charge in [0, 0.05) is 6.04 Å². The van der Waals surface area contributed by atoms with Gasteiger partial charge in [0.25, 0.3) is 5.69 Å². The molecule has 0 radical (unpaired) electrons. The van der Waals surface area contributed by atoms with Crippen molar-refractivity contribution >= 4 is 11.4 Å². The van der Waals surface area contributed by atoms with E-state index in [2.05, 4.69) is 26.1 Å². The van der Waals surface area contributed by atoms with Crippen molar-refractivity contribution in [2.45, 2.75) is 46.1 Å². The summed E-state index contributed by atoms with van der Waals surface area (Å²) >= 11 is 0. The van der Waals surface area contributed by atoms with Gasteiger partial charge in [-0.1, -0.05) is 20.8 Å². The summed E-state index contributed by atoms with van der Waals surface area (Å²) < 4.78 is 0. The summed E-state index contributed by atoms with van der Waals surface area (Å²) in [4.78, 5) is 10.8. The van der Waals surface area contributed by atoms with Crippen molar-refractivity contribution in [3.05, 3.63) is 28.3 Å². The monoisotopic (exact) mass is 290 g/mol. The van der Waals surface area contributed by atoms with Crippen LogP contribution in [-0.2, 0) is 0 Å². The number of anilines is 1. The Kier molecular flexibility index (Phi) is 2.94. The zero-order valence-electron chi connectivity index (χ0n) is 12.7. The van der Waals surface area contributed by atoms with Crippen molar-refractivity contribution in [1.29, 1.82) is 0 Å². The first-order chi connectivity index (χ1) is 9.74. The summed E-state index contributed by atoms with van der Waals surface area (Å²) in [6, 6.07) is 4.54. The highest BCUT2D eigenvalue weighted by atomic mass is 16.6. The van der Waals surface area contributed by atoms with Crippen LogP contribution in [0.5, 0.6) is 5.75 Å². The number of aromatic hydroxyl groups is 1. The normalized spacial score (nSPS) is 33.1. The first kappa shape index (κ1) is 14.2. The van der Waals surface area contributed by atoms with Gasteiger partial charge in [0.05, 0.1) is 11.0 Å². The lowest BCUT2D eigenvalue weighted by molar-refractivity contribution is -0.384. The number of phenolic OH excluding ortho intramolecular Hbond substituents is 1. The molecule has 114 valence electrons. The third kappa shape index (κ3) is 2.06. The molecule has 5 heteroatoms. The molecule has 3 rings (SSSR count). The van der Waals surface area contributed by atoms with Crippen LogP contribution in [0, 0.1) is 26.9 Å². The number of hydrogen-bond acceptors (Lipinski definition) is 4. The molecular weight excluding hydrogens is 268 g/mol. The molecule has 0 aromatic heterocycles. The average Bonchev–Trinajstić information content (AvgIpc) is 2.87. The molecule has 2 aliphatic carbocycles. The lowest BCUT2D eigenvalue weighted by atomic mass is 9.68. The van der Waals surface area contributed by atoms with Crippen LogP contribution >= 0.6 is 0 Å². The van der Waals surface area contributed by atoms with Crippen molar-refractivity contribution in [3.63, 3.8) is 0 Å². The molecule has 0 saturated heterocycles. The van der Waals surface area contributed by atoms with Gasteiger partial charge in [-0.05, 0) is 48.1 Å². The highest BCUT2D eigenvalue weighted by molar-refractivity contribution is 5.64. The predicted octanol–water partition coefficient (Wildman–Crippen LogP) is 3.93. The number of nitro benzene ring substituents is 1. The number of benzene rings is 1. The van der Waals surface area contributed by atoms with Gasteiger partial charge >= 0.3 is 0 Å². The second kappa shape index (κ2) is 4.36. The third-order valence-electron chi connectivity index (χ3n) is 5.75. The molecule has 0 aliphatic heterocycles. The van der Waals surface area contributed by atoms with E-state index in [1.54, 1.807) is 6.07 Å². The van der Waals surface area contributed by atoms with Crippen LogP contribution in [0.15, 0.2) is 18.2 Å². The average molecular weight is 290 g/mol. The van der Waals surface area contributed by atoms with Crippen molar-refractivity contribution in [2.24, 2.45) is 16.7 Å². The molecule has 21 heavy (non-hydrogen) atoms. The molecule has 3 atom stereocenters. The Morgan fingerprint density at radius 2 is 2.10 bits per heavy atom. The van der Waals surface area contributed by atoms with Crippen molar-refractivity contribution in [1.82, 2.24) is 0 Å². The van der Waals surface area contributed by atoms with Crippen molar-refractivity contribution < 1.29 is 10.0 Å². The molecule has 2 fully saturated rings. The zero-order chi connectivity index (χ0) is 15.4. The maximum absolute atomic E-state index is 11.2. The topological polar surface area (TPSA) is 75.4 Å². The van der Waals surface area contributed by atoms with Gasteiger partial charge in [-0.25, -0.2) is 0 Å². The summed E-state index contributed by atoms with van der Waals surface area (Å²) in [5.74, 6) is 0.599. The van der Waals surface area contributed by atoms with Crippen LogP contribution in [-0.4, -0.2) is 16.1 Å². The molecule has 0 spiro atoms. The Bertz CT molecular complexity index is 594. The van der Waals surface area contributed by atoms with E-state index in [0.717, 1.165) is 0 Å². The van der Waals surface area contributed by atoms with E-state index in [1.807, 2.05) is 0 Å². The first-order valence-electron chi connectivity index (χ1n) is 7.48. The Hall–Kier alpha value is -1.78. The SMILES string of the molecule is CC1(C)C(Nc2ccc(O)cc2[N+](=O)[O-])[C@]2(C)CC[C@H]1C2. The highest BCUT2D eigenvalue weighted by Crippen LogP contribution is 2.63. The van der Waals surface area contributed by atoms with Crippen LogP contribution in [0.3, 0.4) is 0 Å². The molecule has 5 nitrogen and oxygen atoms in total. The largest absolute Gasteiger partial charge is 0.508 e. The summed E-state index contributed by atoms with van der Waals surface area (Å²) in [6.45, 7) is 6.80. The Morgan fingerprint density at radius 1 is 1.38 bits per heavy atom. The Balaban J connectivity index is 1.96. The molecule has 0 heterocycles. The molecule has 0 amide bonds. The van der Waals surface area contributed by atoms with Gasteiger partial charge < -0.3 is 10.4 Å². The highest BCUT2D eigenvalue weighted by Gasteiger charge is 2.59. The van der Waals surface area contributed by atoms with Crippen LogP contribution in [0.4, 0.5) is 11.4 Å². The van der Waals surface area contributed by atoms with E-state index in [4.69, 9.17) is 0 Å². The summed E-state index contributed by atoms with van der Waals surface area (Å²) in [5.41, 5.74) is 0.764. The van der Waals surface area contributed by atoms with Crippen LogP contribution in [0.2, 0.25) is 0 Å². The van der Waals surface area contributed by atoms with Crippen LogP contribution in [0.25, 0.3) is 0 Å². The lowest BCUT2D eigenvalue weighted by Crippen LogP contribution is -2.45. The molecule has 1 aromatic carbocycles. The fraction of sp³-hybridized carbons (Fsp3) is 0.625. The summed E-state index contributed by atoms with van der Waals surface area (Å²) in [6.07, 6.45) is 3.60. The number of phenols is 1. The maximum Gasteiger partial charge on any atom is 0.296 e.